The highest BCUT2D eigenvalue weighted by atomic mass is 127. The van der Waals surface area contributed by atoms with Crippen LogP contribution in [0.1, 0.15) is 102 Å². The fourth-order valence-electron chi connectivity index (χ4n) is 4.79. The molecule has 248 valence electrons. The first-order valence-corrected chi connectivity index (χ1v) is 17.3. The first kappa shape index (κ1) is 38.1. The third-order valence-corrected chi connectivity index (χ3v) is 8.38. The maximum Gasteiger partial charge on any atom is 0.310 e. The van der Waals surface area contributed by atoms with Crippen LogP contribution in [0, 0.1) is 3.57 Å². The highest BCUT2D eigenvalue weighted by molar-refractivity contribution is 14.1. The zero-order chi connectivity index (χ0) is 32.7. The minimum absolute atomic E-state index is 0.0377. The summed E-state index contributed by atoms with van der Waals surface area (Å²) in [6.45, 7) is 2.12. The van der Waals surface area contributed by atoms with Gasteiger partial charge in [-0.25, -0.2) is 0 Å². The Balaban J connectivity index is 1.54. The number of carbonyl (C=O) groups is 3. The molecule has 0 aliphatic rings. The van der Waals surface area contributed by atoms with Crippen molar-refractivity contribution in [3.63, 3.8) is 0 Å². The van der Waals surface area contributed by atoms with Gasteiger partial charge in [0.15, 0.2) is 18.1 Å². The van der Waals surface area contributed by atoms with Crippen molar-refractivity contribution in [1.29, 1.82) is 0 Å². The van der Waals surface area contributed by atoms with Crippen molar-refractivity contribution in [3.05, 3.63) is 69.3 Å². The highest BCUT2D eigenvalue weighted by Crippen LogP contribution is 2.30. The molecular weight excluding hydrogens is 685 g/mol. The zero-order valence-corrected chi connectivity index (χ0v) is 29.0. The number of unbranched alkanes of at least 4 members (excludes halogenated alkanes) is 8. The molecule has 2 N–H and O–H groups in total. The van der Waals surface area contributed by atoms with E-state index in [4.69, 9.17) is 14.2 Å². The largest absolute Gasteiger partial charge is 0.504 e. The topological polar surface area (TPSA) is 111 Å². The molecule has 0 heterocycles. The van der Waals surface area contributed by atoms with Gasteiger partial charge in [0.25, 0.3) is 5.91 Å². The molecule has 1 amide bonds. The predicted molar refractivity (Wildman–Crippen MR) is 185 cm³/mol. The van der Waals surface area contributed by atoms with E-state index in [0.29, 0.717) is 18.6 Å². The summed E-state index contributed by atoms with van der Waals surface area (Å²) < 4.78 is 16.8. The molecule has 0 saturated heterocycles. The molecule has 0 spiro atoms. The van der Waals surface area contributed by atoms with Gasteiger partial charge in [-0.05, 0) is 78.0 Å². The molecule has 0 aliphatic heterocycles. The van der Waals surface area contributed by atoms with E-state index in [-0.39, 0.29) is 42.9 Å². The second-order valence-electron chi connectivity index (χ2n) is 11.2. The van der Waals surface area contributed by atoms with Gasteiger partial charge in [0, 0.05) is 23.0 Å². The Morgan fingerprint density at radius 1 is 0.933 bits per heavy atom. The van der Waals surface area contributed by atoms with Crippen LogP contribution >= 0.6 is 22.6 Å². The molecule has 2 aromatic rings. The van der Waals surface area contributed by atoms with Crippen molar-refractivity contribution >= 4 is 40.4 Å². The van der Waals surface area contributed by atoms with Crippen LogP contribution in [0.2, 0.25) is 0 Å². The Morgan fingerprint density at radius 2 is 1.67 bits per heavy atom. The van der Waals surface area contributed by atoms with E-state index in [1.165, 1.54) is 20.0 Å². The molecule has 0 fully saturated rings. The van der Waals surface area contributed by atoms with Crippen molar-refractivity contribution in [3.8, 4) is 11.5 Å². The highest BCUT2D eigenvalue weighted by Gasteiger charge is 2.14. The van der Waals surface area contributed by atoms with Gasteiger partial charge < -0.3 is 24.6 Å². The Bertz CT molecular complexity index is 1190. The SMILES string of the molecule is CCCCCC[C@H](C/C=C\CCCCCCCC(=O)OCC(=O)NCc1cc(OC)c(O)cc1I)OC(=O)Cc1ccccc1. The molecule has 0 aromatic heterocycles. The van der Waals surface area contributed by atoms with E-state index < -0.39 is 0 Å². The lowest BCUT2D eigenvalue weighted by Crippen LogP contribution is -2.28. The summed E-state index contributed by atoms with van der Waals surface area (Å²) in [4.78, 5) is 36.6. The number of benzene rings is 2. The Labute approximate surface area is 282 Å². The summed E-state index contributed by atoms with van der Waals surface area (Å²) in [6.07, 6.45) is 17.0. The fraction of sp³-hybridized carbons (Fsp3) is 0.528. The number of ether oxygens (including phenoxy) is 3. The smallest absolute Gasteiger partial charge is 0.310 e. The number of allylic oxidation sites excluding steroid dienone is 1. The third kappa shape index (κ3) is 17.3. The average Bonchev–Trinajstić information content (AvgIpc) is 3.02. The molecule has 45 heavy (non-hydrogen) atoms. The summed E-state index contributed by atoms with van der Waals surface area (Å²) in [7, 11) is 1.46. The van der Waals surface area contributed by atoms with E-state index in [0.717, 1.165) is 78.9 Å². The molecule has 2 rings (SSSR count). The van der Waals surface area contributed by atoms with Gasteiger partial charge in [-0.2, -0.15) is 0 Å². The molecule has 0 saturated carbocycles. The molecular formula is C36H50INO7. The van der Waals surface area contributed by atoms with E-state index in [9.17, 15) is 19.5 Å². The second-order valence-corrected chi connectivity index (χ2v) is 12.4. The number of hydrogen-bond donors (Lipinski definition) is 2. The minimum atomic E-state index is -0.382. The summed E-state index contributed by atoms with van der Waals surface area (Å²) in [5, 5.41) is 12.5. The lowest BCUT2D eigenvalue weighted by Gasteiger charge is -2.16. The van der Waals surface area contributed by atoms with Gasteiger partial charge >= 0.3 is 11.9 Å². The Kier molecular flexibility index (Phi) is 19.7. The van der Waals surface area contributed by atoms with Gasteiger partial charge in [-0.3, -0.25) is 14.4 Å². The molecule has 8 nitrogen and oxygen atoms in total. The maximum atomic E-state index is 12.5. The first-order chi connectivity index (χ1) is 21.8. The average molecular weight is 736 g/mol. The molecule has 0 radical (unpaired) electrons. The number of hydrogen-bond acceptors (Lipinski definition) is 7. The monoisotopic (exact) mass is 735 g/mol. The van der Waals surface area contributed by atoms with Gasteiger partial charge in [0.05, 0.1) is 13.5 Å². The summed E-state index contributed by atoms with van der Waals surface area (Å²) in [5.74, 6) is -0.548. The van der Waals surface area contributed by atoms with E-state index in [1.807, 2.05) is 30.3 Å². The molecule has 9 heteroatoms. The molecule has 0 bridgehead atoms. The van der Waals surface area contributed by atoms with Crippen molar-refractivity contribution in [1.82, 2.24) is 5.32 Å². The van der Waals surface area contributed by atoms with Crippen LogP contribution in [0.4, 0.5) is 0 Å². The quantitative estimate of drug-likeness (QED) is 0.0516. The van der Waals surface area contributed by atoms with Crippen LogP contribution in [-0.2, 0) is 36.8 Å². The lowest BCUT2D eigenvalue weighted by molar-refractivity contribution is -0.149. The molecule has 1 atom stereocenters. The number of esters is 2. The number of methoxy groups -OCH3 is 1. The maximum absolute atomic E-state index is 12.5. The summed E-state index contributed by atoms with van der Waals surface area (Å²) >= 11 is 2.07. The van der Waals surface area contributed by atoms with Gasteiger partial charge in [0.1, 0.15) is 6.10 Å². The van der Waals surface area contributed by atoms with E-state index in [1.54, 1.807) is 12.1 Å². The summed E-state index contributed by atoms with van der Waals surface area (Å²) in [5.41, 5.74) is 1.77. The van der Waals surface area contributed by atoms with Gasteiger partial charge in [-0.1, -0.05) is 87.9 Å². The van der Waals surface area contributed by atoms with E-state index in [2.05, 4.69) is 47.0 Å². The van der Waals surface area contributed by atoms with Crippen LogP contribution in [0.15, 0.2) is 54.6 Å². The number of amides is 1. The van der Waals surface area contributed by atoms with Crippen molar-refractivity contribution < 1.29 is 33.7 Å². The van der Waals surface area contributed by atoms with E-state index >= 15 is 0 Å². The van der Waals surface area contributed by atoms with Crippen LogP contribution in [0.25, 0.3) is 0 Å². The van der Waals surface area contributed by atoms with Gasteiger partial charge in [0.2, 0.25) is 0 Å². The van der Waals surface area contributed by atoms with Crippen LogP contribution < -0.4 is 10.1 Å². The lowest BCUT2D eigenvalue weighted by atomic mass is 10.1. The number of halogens is 1. The van der Waals surface area contributed by atoms with Crippen LogP contribution in [0.3, 0.4) is 0 Å². The van der Waals surface area contributed by atoms with Crippen molar-refractivity contribution in [2.75, 3.05) is 13.7 Å². The number of nitrogens with one attached hydrogen (secondary N) is 1. The minimum Gasteiger partial charge on any atom is -0.504 e. The molecule has 2 aromatic carbocycles. The van der Waals surface area contributed by atoms with Crippen molar-refractivity contribution in [2.24, 2.45) is 0 Å². The summed E-state index contributed by atoms with van der Waals surface area (Å²) in [6, 6.07) is 13.0. The third-order valence-electron chi connectivity index (χ3n) is 7.37. The number of phenolic OH excluding ortho intramolecular Hbond substituents is 1. The van der Waals surface area contributed by atoms with Gasteiger partial charge in [-0.15, -0.1) is 0 Å². The number of phenols is 1. The molecule has 0 aliphatic carbocycles. The first-order valence-electron chi connectivity index (χ1n) is 16.2. The Hall–Kier alpha value is -3.08. The predicted octanol–water partition coefficient (Wildman–Crippen LogP) is 7.97. The standard InChI is InChI=1S/C36H50INO7/c1-3-4-5-15-20-30(45-36(42)23-28-18-13-12-14-19-28)21-16-10-8-6-7-9-11-17-22-35(41)44-27-34(40)38-26-29-24-33(43-2)32(39)25-31(29)37/h10,12-14,16,18-19,24-25,30,39H,3-9,11,15,17,20-23,26-27H2,1-2H3,(H,38,40)/b16-10-/t30-/m1/s1. The van der Waals surface area contributed by atoms with Crippen LogP contribution in [-0.4, -0.2) is 42.8 Å². The number of rotatable bonds is 23. The number of aromatic hydroxyl groups is 1. The van der Waals surface area contributed by atoms with Crippen LogP contribution in [0.5, 0.6) is 11.5 Å². The Morgan fingerprint density at radius 3 is 2.42 bits per heavy atom. The number of carbonyl (C=O) groups excluding carboxylic acids is 3. The second kappa shape index (κ2) is 23.3. The van der Waals surface area contributed by atoms with Crippen molar-refractivity contribution in [2.45, 2.75) is 109 Å². The fourth-order valence-corrected chi connectivity index (χ4v) is 5.43. The normalized spacial score (nSPS) is 11.7. The zero-order valence-electron chi connectivity index (χ0n) is 26.9. The molecule has 0 unspecified atom stereocenters.